The van der Waals surface area contributed by atoms with Gasteiger partial charge in [-0.2, -0.15) is 0 Å². The normalized spacial score (nSPS) is 19.4. The van der Waals surface area contributed by atoms with E-state index in [-0.39, 0.29) is 18.6 Å². The van der Waals surface area contributed by atoms with Crippen LogP contribution in [0.4, 0.5) is 5.69 Å². The maximum atomic E-state index is 12.7. The molecule has 1 fully saturated rings. The lowest BCUT2D eigenvalue weighted by Crippen LogP contribution is -2.45. The minimum absolute atomic E-state index is 0.0120. The first-order valence-electron chi connectivity index (χ1n) is 6.76. The average Bonchev–Trinajstić information content (AvgIpc) is 2.84. The molecule has 3 N–H and O–H groups in total. The van der Waals surface area contributed by atoms with E-state index >= 15 is 0 Å². The Morgan fingerprint density at radius 2 is 2.40 bits per heavy atom. The van der Waals surface area contributed by atoms with Crippen molar-refractivity contribution in [1.29, 1.82) is 0 Å². The fourth-order valence-electron chi connectivity index (χ4n) is 2.72. The standard InChI is InChI=1S/C14H17N3O2S/c15-12-10-4-5-16-7-11(10)20-13(12)14(19)17-6-2-1-3-9(17)8-18/h4-5,7,9,18H,1-3,6,8,15H2. The van der Waals surface area contributed by atoms with Crippen molar-refractivity contribution in [1.82, 2.24) is 9.88 Å². The molecule has 0 aromatic carbocycles. The third-order valence-electron chi connectivity index (χ3n) is 3.82. The molecule has 1 aliphatic rings. The number of amides is 1. The summed E-state index contributed by atoms with van der Waals surface area (Å²) in [6.45, 7) is 0.702. The molecule has 5 nitrogen and oxygen atoms in total. The van der Waals surface area contributed by atoms with E-state index in [9.17, 15) is 9.90 Å². The first-order valence-corrected chi connectivity index (χ1v) is 7.58. The SMILES string of the molecule is Nc1c(C(=O)N2CCCCC2CO)sc2cnccc12. The number of rotatable bonds is 2. The van der Waals surface area contributed by atoms with E-state index in [1.165, 1.54) is 11.3 Å². The molecule has 1 aliphatic heterocycles. The summed E-state index contributed by atoms with van der Waals surface area (Å²) in [5, 5.41) is 10.3. The molecule has 1 amide bonds. The fraction of sp³-hybridized carbons (Fsp3) is 0.429. The molecule has 20 heavy (non-hydrogen) atoms. The molecule has 106 valence electrons. The molecule has 3 heterocycles. The number of aliphatic hydroxyl groups is 1. The third-order valence-corrected chi connectivity index (χ3v) is 4.97. The summed E-state index contributed by atoms with van der Waals surface area (Å²) >= 11 is 1.38. The van der Waals surface area contributed by atoms with E-state index in [1.54, 1.807) is 17.3 Å². The van der Waals surface area contributed by atoms with E-state index in [0.29, 0.717) is 17.1 Å². The number of nitrogens with zero attached hydrogens (tertiary/aromatic N) is 2. The maximum absolute atomic E-state index is 12.7. The number of aromatic nitrogens is 1. The van der Waals surface area contributed by atoms with Gasteiger partial charge in [-0.1, -0.05) is 0 Å². The summed E-state index contributed by atoms with van der Waals surface area (Å²) in [6, 6.07) is 1.75. The number of pyridine rings is 1. The van der Waals surface area contributed by atoms with Crippen molar-refractivity contribution in [3.8, 4) is 0 Å². The van der Waals surface area contributed by atoms with Gasteiger partial charge >= 0.3 is 0 Å². The van der Waals surface area contributed by atoms with Crippen molar-refractivity contribution in [3.05, 3.63) is 23.3 Å². The van der Waals surface area contributed by atoms with Gasteiger partial charge in [-0.3, -0.25) is 9.78 Å². The molecular weight excluding hydrogens is 274 g/mol. The van der Waals surface area contributed by atoms with Crippen molar-refractivity contribution in [2.24, 2.45) is 0 Å². The number of hydrogen-bond donors (Lipinski definition) is 2. The quantitative estimate of drug-likeness (QED) is 0.885. The van der Waals surface area contributed by atoms with Gasteiger partial charge in [-0.25, -0.2) is 0 Å². The van der Waals surface area contributed by atoms with Crippen LogP contribution in [0.3, 0.4) is 0 Å². The predicted octanol–water partition coefficient (Wildman–Crippen LogP) is 1.87. The van der Waals surface area contributed by atoms with E-state index in [2.05, 4.69) is 4.98 Å². The smallest absolute Gasteiger partial charge is 0.266 e. The first-order chi connectivity index (χ1) is 9.72. The number of nitrogens with two attached hydrogens (primary N) is 1. The number of piperidine rings is 1. The largest absolute Gasteiger partial charge is 0.397 e. The molecule has 3 rings (SSSR count). The van der Waals surface area contributed by atoms with Crippen LogP contribution in [0, 0.1) is 0 Å². The highest BCUT2D eigenvalue weighted by molar-refractivity contribution is 7.21. The Morgan fingerprint density at radius 3 is 3.15 bits per heavy atom. The number of likely N-dealkylation sites (tertiary alicyclic amines) is 1. The number of nitrogen functional groups attached to an aromatic ring is 1. The highest BCUT2D eigenvalue weighted by Crippen LogP contribution is 2.34. The predicted molar refractivity (Wildman–Crippen MR) is 79.8 cm³/mol. The van der Waals surface area contributed by atoms with Crippen LogP contribution in [0.2, 0.25) is 0 Å². The molecule has 1 atom stereocenters. The zero-order valence-corrected chi connectivity index (χ0v) is 11.9. The first kappa shape index (κ1) is 13.3. The Hall–Kier alpha value is -1.66. The zero-order valence-electron chi connectivity index (χ0n) is 11.1. The van der Waals surface area contributed by atoms with Crippen LogP contribution in [0.25, 0.3) is 10.1 Å². The van der Waals surface area contributed by atoms with Gasteiger partial charge < -0.3 is 15.7 Å². The van der Waals surface area contributed by atoms with Crippen molar-refractivity contribution in [3.63, 3.8) is 0 Å². The number of fused-ring (bicyclic) bond motifs is 1. The number of carbonyl (C=O) groups is 1. The lowest BCUT2D eigenvalue weighted by atomic mass is 10.0. The van der Waals surface area contributed by atoms with Gasteiger partial charge in [0, 0.05) is 24.3 Å². The summed E-state index contributed by atoms with van der Waals surface area (Å²) in [6.07, 6.45) is 6.30. The second-order valence-corrected chi connectivity index (χ2v) is 6.10. The molecule has 0 aliphatic carbocycles. The molecule has 0 spiro atoms. The molecule has 0 saturated carbocycles. The Balaban J connectivity index is 1.97. The Labute approximate surface area is 121 Å². The van der Waals surface area contributed by atoms with E-state index < -0.39 is 0 Å². The summed E-state index contributed by atoms with van der Waals surface area (Å²) in [5.41, 5.74) is 6.63. The fourth-order valence-corrected chi connectivity index (χ4v) is 3.76. The number of thiophene rings is 1. The number of aliphatic hydroxyl groups excluding tert-OH is 1. The lowest BCUT2D eigenvalue weighted by molar-refractivity contribution is 0.0509. The maximum Gasteiger partial charge on any atom is 0.266 e. The molecule has 1 saturated heterocycles. The number of carbonyl (C=O) groups excluding carboxylic acids is 1. The van der Waals surface area contributed by atoms with Crippen LogP contribution in [0.1, 0.15) is 28.9 Å². The highest BCUT2D eigenvalue weighted by atomic mass is 32.1. The number of hydrogen-bond acceptors (Lipinski definition) is 5. The second kappa shape index (κ2) is 5.38. The Morgan fingerprint density at radius 1 is 1.55 bits per heavy atom. The van der Waals surface area contributed by atoms with Gasteiger partial charge in [0.25, 0.3) is 5.91 Å². The average molecular weight is 291 g/mol. The molecule has 6 heteroatoms. The van der Waals surface area contributed by atoms with Crippen LogP contribution in [0.15, 0.2) is 18.5 Å². The van der Waals surface area contributed by atoms with Gasteiger partial charge in [-0.15, -0.1) is 11.3 Å². The van der Waals surface area contributed by atoms with Crippen LogP contribution >= 0.6 is 11.3 Å². The van der Waals surface area contributed by atoms with E-state index in [1.807, 2.05) is 6.07 Å². The van der Waals surface area contributed by atoms with Crippen LogP contribution in [-0.2, 0) is 0 Å². The highest BCUT2D eigenvalue weighted by Gasteiger charge is 2.29. The zero-order chi connectivity index (χ0) is 14.1. The lowest BCUT2D eigenvalue weighted by Gasteiger charge is -2.34. The summed E-state index contributed by atoms with van der Waals surface area (Å²) in [5.74, 6) is -0.0672. The molecule has 2 aromatic rings. The van der Waals surface area contributed by atoms with Crippen molar-refractivity contribution >= 4 is 33.0 Å². The van der Waals surface area contributed by atoms with E-state index in [0.717, 1.165) is 29.3 Å². The van der Waals surface area contributed by atoms with Crippen LogP contribution < -0.4 is 5.73 Å². The Kier molecular flexibility index (Phi) is 3.58. The Bertz CT molecular complexity index is 640. The van der Waals surface area contributed by atoms with Gasteiger partial charge in [0.1, 0.15) is 4.88 Å². The third kappa shape index (κ3) is 2.14. The molecule has 1 unspecified atom stereocenters. The van der Waals surface area contributed by atoms with E-state index in [4.69, 9.17) is 5.73 Å². The van der Waals surface area contributed by atoms with Crippen LogP contribution in [-0.4, -0.2) is 40.1 Å². The minimum Gasteiger partial charge on any atom is -0.397 e. The number of anilines is 1. The van der Waals surface area contributed by atoms with Gasteiger partial charge in [0.15, 0.2) is 0 Å². The van der Waals surface area contributed by atoms with Crippen LogP contribution in [0.5, 0.6) is 0 Å². The second-order valence-electron chi connectivity index (χ2n) is 5.05. The van der Waals surface area contributed by atoms with Crippen molar-refractivity contribution in [2.75, 3.05) is 18.9 Å². The van der Waals surface area contributed by atoms with Crippen molar-refractivity contribution < 1.29 is 9.90 Å². The van der Waals surface area contributed by atoms with Gasteiger partial charge in [0.2, 0.25) is 0 Å². The summed E-state index contributed by atoms with van der Waals surface area (Å²) < 4.78 is 0.922. The molecule has 2 aromatic heterocycles. The van der Waals surface area contributed by atoms with Gasteiger partial charge in [-0.05, 0) is 25.3 Å². The monoisotopic (exact) mass is 291 g/mol. The van der Waals surface area contributed by atoms with Crippen molar-refractivity contribution in [2.45, 2.75) is 25.3 Å². The summed E-state index contributed by atoms with van der Waals surface area (Å²) in [7, 11) is 0. The molecular formula is C14H17N3O2S. The topological polar surface area (TPSA) is 79.5 Å². The van der Waals surface area contributed by atoms with Gasteiger partial charge in [0.05, 0.1) is 23.0 Å². The summed E-state index contributed by atoms with van der Waals surface area (Å²) in [4.78, 5) is 19.1. The molecule has 0 bridgehead atoms. The molecule has 0 radical (unpaired) electrons. The minimum atomic E-state index is -0.0843.